The molecule has 0 bridgehead atoms. The zero-order chi connectivity index (χ0) is 15.6. The normalized spacial score (nSPS) is 17.4. The minimum absolute atomic E-state index is 0.0768. The lowest BCUT2D eigenvalue weighted by molar-refractivity contribution is 0.285. The molecule has 6 nitrogen and oxygen atoms in total. The molecule has 0 saturated carbocycles. The fourth-order valence-corrected chi connectivity index (χ4v) is 3.43. The van der Waals surface area contributed by atoms with Gasteiger partial charge in [-0.2, -0.15) is 0 Å². The van der Waals surface area contributed by atoms with E-state index in [0.29, 0.717) is 11.6 Å². The third kappa shape index (κ3) is 4.33. The van der Waals surface area contributed by atoms with Gasteiger partial charge in [-0.05, 0) is 51.1 Å². The molecule has 21 heavy (non-hydrogen) atoms. The van der Waals surface area contributed by atoms with Gasteiger partial charge < -0.3 is 15.5 Å². The van der Waals surface area contributed by atoms with Gasteiger partial charge in [0.15, 0.2) is 0 Å². The number of primary sulfonamides is 1. The molecule has 4 N–H and O–H groups in total. The minimum atomic E-state index is -3.73. The first kappa shape index (κ1) is 16.1. The van der Waals surface area contributed by atoms with Crippen molar-refractivity contribution in [2.75, 3.05) is 44.4 Å². The van der Waals surface area contributed by atoms with E-state index in [1.165, 1.54) is 6.07 Å². The number of hydrogen-bond donors (Lipinski definition) is 2. The molecule has 0 aromatic heterocycles. The molecule has 118 valence electrons. The molecule has 1 fully saturated rings. The first-order valence-corrected chi connectivity index (χ1v) is 8.63. The van der Waals surface area contributed by atoms with Gasteiger partial charge >= 0.3 is 0 Å². The molecule has 1 aliphatic rings. The average molecular weight is 312 g/mol. The Balaban J connectivity index is 2.12. The number of hydrogen-bond acceptors (Lipinski definition) is 5. The summed E-state index contributed by atoms with van der Waals surface area (Å²) >= 11 is 0. The first-order chi connectivity index (χ1) is 9.75. The predicted octanol–water partition coefficient (Wildman–Crippen LogP) is 0.694. The average Bonchev–Trinajstić information content (AvgIpc) is 2.37. The summed E-state index contributed by atoms with van der Waals surface area (Å²) in [6.45, 7) is 2.91. The number of sulfonamides is 1. The van der Waals surface area contributed by atoms with Crippen molar-refractivity contribution in [2.45, 2.75) is 17.7 Å². The summed E-state index contributed by atoms with van der Waals surface area (Å²) in [6, 6.07) is 4.82. The fraction of sp³-hybridized carbons (Fsp3) is 0.571. The zero-order valence-corrected chi connectivity index (χ0v) is 13.4. The van der Waals surface area contributed by atoms with E-state index in [-0.39, 0.29) is 4.90 Å². The van der Waals surface area contributed by atoms with Gasteiger partial charge in [-0.15, -0.1) is 0 Å². The molecule has 1 saturated heterocycles. The monoisotopic (exact) mass is 312 g/mol. The highest BCUT2D eigenvalue weighted by Gasteiger charge is 2.21. The van der Waals surface area contributed by atoms with Gasteiger partial charge in [0, 0.05) is 31.0 Å². The van der Waals surface area contributed by atoms with Crippen LogP contribution in [-0.2, 0) is 10.0 Å². The van der Waals surface area contributed by atoms with Crippen LogP contribution in [0, 0.1) is 5.92 Å². The lowest BCUT2D eigenvalue weighted by Gasteiger charge is -2.35. The summed E-state index contributed by atoms with van der Waals surface area (Å²) in [4.78, 5) is 4.46. The SMILES string of the molecule is CN(C)CC1CCN(c2cc(N)cc(S(N)(=O)=O)c2)CC1. The lowest BCUT2D eigenvalue weighted by atomic mass is 9.96. The Morgan fingerprint density at radius 1 is 1.24 bits per heavy atom. The number of piperidine rings is 1. The van der Waals surface area contributed by atoms with Crippen LogP contribution in [0.15, 0.2) is 23.1 Å². The number of nitrogens with two attached hydrogens (primary N) is 2. The van der Waals surface area contributed by atoms with E-state index in [1.807, 2.05) is 0 Å². The molecule has 1 aliphatic heterocycles. The molecule has 7 heteroatoms. The zero-order valence-electron chi connectivity index (χ0n) is 12.6. The lowest BCUT2D eigenvalue weighted by Crippen LogP contribution is -2.37. The Kier molecular flexibility index (Phi) is 4.75. The van der Waals surface area contributed by atoms with E-state index in [9.17, 15) is 8.42 Å². The Morgan fingerprint density at radius 2 is 1.86 bits per heavy atom. The molecular weight excluding hydrogens is 288 g/mol. The highest BCUT2D eigenvalue weighted by molar-refractivity contribution is 7.89. The number of benzene rings is 1. The van der Waals surface area contributed by atoms with Gasteiger partial charge in [0.05, 0.1) is 4.90 Å². The van der Waals surface area contributed by atoms with Gasteiger partial charge in [-0.25, -0.2) is 13.6 Å². The third-order valence-electron chi connectivity index (χ3n) is 3.85. The van der Waals surface area contributed by atoms with Crippen LogP contribution < -0.4 is 15.8 Å². The maximum absolute atomic E-state index is 11.5. The van der Waals surface area contributed by atoms with E-state index in [1.54, 1.807) is 12.1 Å². The van der Waals surface area contributed by atoms with Crippen LogP contribution in [0.5, 0.6) is 0 Å². The van der Waals surface area contributed by atoms with Crippen molar-refractivity contribution in [3.05, 3.63) is 18.2 Å². The van der Waals surface area contributed by atoms with Crippen molar-refractivity contribution in [3.8, 4) is 0 Å². The second-order valence-electron chi connectivity index (χ2n) is 6.00. The van der Waals surface area contributed by atoms with Crippen molar-refractivity contribution in [1.29, 1.82) is 0 Å². The van der Waals surface area contributed by atoms with Crippen molar-refractivity contribution in [1.82, 2.24) is 4.90 Å². The Morgan fingerprint density at radius 3 is 2.38 bits per heavy atom. The molecule has 1 aromatic rings. The van der Waals surface area contributed by atoms with Crippen molar-refractivity contribution < 1.29 is 8.42 Å². The van der Waals surface area contributed by atoms with Crippen LogP contribution in [0.1, 0.15) is 12.8 Å². The van der Waals surface area contributed by atoms with Gasteiger partial charge in [-0.1, -0.05) is 0 Å². The van der Waals surface area contributed by atoms with Gasteiger partial charge in [0.1, 0.15) is 0 Å². The summed E-state index contributed by atoms with van der Waals surface area (Å²) in [5.41, 5.74) is 7.06. The predicted molar refractivity (Wildman–Crippen MR) is 85.7 cm³/mol. The molecule has 0 amide bonds. The summed E-state index contributed by atoms with van der Waals surface area (Å²) in [6.07, 6.45) is 2.19. The maximum atomic E-state index is 11.5. The smallest absolute Gasteiger partial charge is 0.238 e. The molecular formula is C14H24N4O2S. The second-order valence-corrected chi connectivity index (χ2v) is 7.56. The number of nitrogen functional groups attached to an aromatic ring is 1. The molecule has 0 spiro atoms. The van der Waals surface area contributed by atoms with Gasteiger partial charge in [0.25, 0.3) is 0 Å². The third-order valence-corrected chi connectivity index (χ3v) is 4.74. The number of nitrogens with zero attached hydrogens (tertiary/aromatic N) is 2. The molecule has 0 atom stereocenters. The molecule has 0 radical (unpaired) electrons. The van der Waals surface area contributed by atoms with E-state index in [0.717, 1.165) is 38.2 Å². The van der Waals surface area contributed by atoms with Crippen LogP contribution in [0.2, 0.25) is 0 Å². The van der Waals surface area contributed by atoms with Crippen LogP contribution in [0.3, 0.4) is 0 Å². The summed E-state index contributed by atoms with van der Waals surface area (Å²) in [5.74, 6) is 0.690. The van der Waals surface area contributed by atoms with E-state index in [4.69, 9.17) is 10.9 Å². The van der Waals surface area contributed by atoms with Crippen LogP contribution in [-0.4, -0.2) is 47.0 Å². The Hall–Kier alpha value is -1.31. The molecule has 1 heterocycles. The van der Waals surface area contributed by atoms with Crippen LogP contribution in [0.4, 0.5) is 11.4 Å². The molecule has 1 aromatic carbocycles. The maximum Gasteiger partial charge on any atom is 0.238 e. The van der Waals surface area contributed by atoms with Crippen LogP contribution in [0.25, 0.3) is 0 Å². The van der Waals surface area contributed by atoms with Crippen molar-refractivity contribution >= 4 is 21.4 Å². The molecule has 0 aliphatic carbocycles. The fourth-order valence-electron chi connectivity index (χ4n) is 2.84. The summed E-state index contributed by atoms with van der Waals surface area (Å²) < 4.78 is 23.0. The Bertz CT molecular complexity index is 593. The highest BCUT2D eigenvalue weighted by Crippen LogP contribution is 2.27. The van der Waals surface area contributed by atoms with Crippen molar-refractivity contribution in [3.63, 3.8) is 0 Å². The molecule has 0 unspecified atom stereocenters. The Labute approximate surface area is 126 Å². The number of anilines is 2. The van der Waals surface area contributed by atoms with Crippen molar-refractivity contribution in [2.24, 2.45) is 11.1 Å². The largest absolute Gasteiger partial charge is 0.399 e. The summed E-state index contributed by atoms with van der Waals surface area (Å²) in [5, 5.41) is 5.19. The second kappa shape index (κ2) is 6.21. The standard InChI is InChI=1S/C14H24N4O2S/c1-17(2)10-11-3-5-18(6-4-11)13-7-12(15)8-14(9-13)21(16,19)20/h7-9,11H,3-6,10,15H2,1-2H3,(H2,16,19,20). The summed E-state index contributed by atoms with van der Waals surface area (Å²) in [7, 11) is 0.445. The quantitative estimate of drug-likeness (QED) is 0.798. The minimum Gasteiger partial charge on any atom is -0.399 e. The van der Waals surface area contributed by atoms with Gasteiger partial charge in [-0.3, -0.25) is 0 Å². The highest BCUT2D eigenvalue weighted by atomic mass is 32.2. The molecule has 2 rings (SSSR count). The van der Waals surface area contributed by atoms with Crippen LogP contribution >= 0.6 is 0 Å². The van der Waals surface area contributed by atoms with E-state index < -0.39 is 10.0 Å². The van der Waals surface area contributed by atoms with Gasteiger partial charge in [0.2, 0.25) is 10.0 Å². The number of rotatable bonds is 4. The van der Waals surface area contributed by atoms with E-state index in [2.05, 4.69) is 23.9 Å². The first-order valence-electron chi connectivity index (χ1n) is 7.09. The van der Waals surface area contributed by atoms with E-state index >= 15 is 0 Å². The topological polar surface area (TPSA) is 92.7 Å².